The fraction of sp³-hybridized carbons (Fsp3) is 0.263. The summed E-state index contributed by atoms with van der Waals surface area (Å²) >= 11 is 0. The van der Waals surface area contributed by atoms with Gasteiger partial charge in [0.2, 0.25) is 0 Å². The molecule has 5 heteroatoms. The Bertz CT molecular complexity index is 897. The largest absolute Gasteiger partial charge is 0.489 e. The van der Waals surface area contributed by atoms with E-state index in [4.69, 9.17) is 4.74 Å². The molecule has 1 amide bonds. The number of rotatable bonds is 4. The lowest BCUT2D eigenvalue weighted by atomic mass is 10.2. The number of amides is 1. The lowest BCUT2D eigenvalue weighted by Crippen LogP contribution is -2.17. The molecule has 2 aromatic heterocycles. The van der Waals surface area contributed by atoms with Crippen molar-refractivity contribution in [3.05, 3.63) is 59.5 Å². The van der Waals surface area contributed by atoms with E-state index in [2.05, 4.69) is 10.3 Å². The molecule has 3 rings (SSSR count). The van der Waals surface area contributed by atoms with Gasteiger partial charge < -0.3 is 10.1 Å². The SMILES string of the molecule is Cc1nc2c(C)cccn2c1C(=O)Nc1ccccc1OC(C)C. The minimum absolute atomic E-state index is 0.0308. The Hall–Kier alpha value is -2.82. The molecule has 1 N–H and O–H groups in total. The number of fused-ring (bicyclic) bond motifs is 1. The maximum atomic E-state index is 12.8. The topological polar surface area (TPSA) is 55.6 Å². The van der Waals surface area contributed by atoms with Gasteiger partial charge >= 0.3 is 0 Å². The Labute approximate surface area is 141 Å². The van der Waals surface area contributed by atoms with Gasteiger partial charge in [-0.2, -0.15) is 0 Å². The summed E-state index contributed by atoms with van der Waals surface area (Å²) in [6, 6.07) is 11.3. The van der Waals surface area contributed by atoms with Crippen LogP contribution in [0.3, 0.4) is 0 Å². The molecule has 0 radical (unpaired) electrons. The minimum Gasteiger partial charge on any atom is -0.489 e. The Morgan fingerprint density at radius 3 is 2.67 bits per heavy atom. The fourth-order valence-electron chi connectivity index (χ4n) is 2.70. The average Bonchev–Trinajstić information content (AvgIpc) is 2.86. The van der Waals surface area contributed by atoms with Crippen molar-refractivity contribution in [1.29, 1.82) is 0 Å². The second-order valence-corrected chi connectivity index (χ2v) is 6.05. The number of nitrogens with one attached hydrogen (secondary N) is 1. The molecule has 0 atom stereocenters. The van der Waals surface area contributed by atoms with Gasteiger partial charge in [0, 0.05) is 6.20 Å². The number of aromatic nitrogens is 2. The third-order valence-corrected chi connectivity index (χ3v) is 3.73. The maximum Gasteiger partial charge on any atom is 0.274 e. The van der Waals surface area contributed by atoms with E-state index in [1.807, 2.05) is 74.7 Å². The van der Waals surface area contributed by atoms with Crippen molar-refractivity contribution in [2.75, 3.05) is 5.32 Å². The number of para-hydroxylation sites is 2. The molecule has 5 nitrogen and oxygen atoms in total. The highest BCUT2D eigenvalue weighted by molar-refractivity contribution is 6.05. The zero-order valence-corrected chi connectivity index (χ0v) is 14.3. The second kappa shape index (κ2) is 6.35. The summed E-state index contributed by atoms with van der Waals surface area (Å²) in [5.74, 6) is 0.453. The van der Waals surface area contributed by atoms with Gasteiger partial charge in [-0.25, -0.2) is 4.98 Å². The summed E-state index contributed by atoms with van der Waals surface area (Å²) in [7, 11) is 0. The number of benzene rings is 1. The normalized spacial score (nSPS) is 11.0. The van der Waals surface area contributed by atoms with Crippen LogP contribution in [0.4, 0.5) is 5.69 Å². The molecule has 0 fully saturated rings. The zero-order valence-electron chi connectivity index (χ0n) is 14.3. The van der Waals surface area contributed by atoms with Crippen molar-refractivity contribution in [3.63, 3.8) is 0 Å². The van der Waals surface area contributed by atoms with Crippen LogP contribution in [0.1, 0.15) is 35.6 Å². The van der Waals surface area contributed by atoms with Gasteiger partial charge in [0.1, 0.15) is 17.1 Å². The highest BCUT2D eigenvalue weighted by Crippen LogP contribution is 2.26. The van der Waals surface area contributed by atoms with Gasteiger partial charge in [-0.1, -0.05) is 18.2 Å². The molecule has 2 heterocycles. The van der Waals surface area contributed by atoms with Gasteiger partial charge in [0.15, 0.2) is 0 Å². The molecule has 0 saturated heterocycles. The van der Waals surface area contributed by atoms with Crippen molar-refractivity contribution >= 4 is 17.2 Å². The number of imidazole rings is 1. The predicted molar refractivity (Wildman–Crippen MR) is 94.8 cm³/mol. The van der Waals surface area contributed by atoms with Crippen LogP contribution in [-0.2, 0) is 0 Å². The number of ether oxygens (including phenoxy) is 1. The van der Waals surface area contributed by atoms with Crippen molar-refractivity contribution in [2.24, 2.45) is 0 Å². The summed E-state index contributed by atoms with van der Waals surface area (Å²) in [4.78, 5) is 17.3. The number of carbonyl (C=O) groups excluding carboxylic acids is 1. The lowest BCUT2D eigenvalue weighted by molar-refractivity contribution is 0.102. The number of pyridine rings is 1. The van der Waals surface area contributed by atoms with E-state index in [0.717, 1.165) is 11.2 Å². The number of hydrogen-bond donors (Lipinski definition) is 1. The molecule has 0 spiro atoms. The van der Waals surface area contributed by atoms with Crippen LogP contribution >= 0.6 is 0 Å². The summed E-state index contributed by atoms with van der Waals surface area (Å²) in [5, 5.41) is 2.95. The van der Waals surface area contributed by atoms with E-state index in [1.54, 1.807) is 0 Å². The molecule has 0 saturated carbocycles. The molecule has 24 heavy (non-hydrogen) atoms. The summed E-state index contributed by atoms with van der Waals surface area (Å²) in [5.41, 5.74) is 3.71. The number of anilines is 1. The highest BCUT2D eigenvalue weighted by Gasteiger charge is 2.18. The van der Waals surface area contributed by atoms with E-state index in [-0.39, 0.29) is 12.0 Å². The van der Waals surface area contributed by atoms with E-state index in [9.17, 15) is 4.79 Å². The molecule has 1 aromatic carbocycles. The molecular formula is C19H21N3O2. The second-order valence-electron chi connectivity index (χ2n) is 6.05. The number of aryl methyl sites for hydroxylation is 2. The Morgan fingerprint density at radius 2 is 1.92 bits per heavy atom. The Morgan fingerprint density at radius 1 is 1.17 bits per heavy atom. The van der Waals surface area contributed by atoms with Crippen LogP contribution in [0, 0.1) is 13.8 Å². The molecule has 0 unspecified atom stereocenters. The van der Waals surface area contributed by atoms with Crippen molar-refractivity contribution in [2.45, 2.75) is 33.8 Å². The molecular weight excluding hydrogens is 302 g/mol. The van der Waals surface area contributed by atoms with Crippen molar-refractivity contribution in [3.8, 4) is 5.75 Å². The van der Waals surface area contributed by atoms with Gasteiger partial charge in [-0.3, -0.25) is 9.20 Å². The van der Waals surface area contributed by atoms with Gasteiger partial charge in [0.05, 0.1) is 17.5 Å². The molecule has 0 aliphatic heterocycles. The quantitative estimate of drug-likeness (QED) is 0.790. The van der Waals surface area contributed by atoms with Crippen LogP contribution < -0.4 is 10.1 Å². The van der Waals surface area contributed by atoms with Crippen LogP contribution in [0.25, 0.3) is 5.65 Å². The van der Waals surface area contributed by atoms with Crippen LogP contribution in [0.5, 0.6) is 5.75 Å². The third kappa shape index (κ3) is 2.97. The molecule has 0 aliphatic carbocycles. The number of hydrogen-bond acceptors (Lipinski definition) is 3. The summed E-state index contributed by atoms with van der Waals surface area (Å²) in [6.45, 7) is 7.74. The van der Waals surface area contributed by atoms with E-state index >= 15 is 0 Å². The predicted octanol–water partition coefficient (Wildman–Crippen LogP) is 3.99. The lowest BCUT2D eigenvalue weighted by Gasteiger charge is -2.15. The number of carbonyl (C=O) groups is 1. The van der Waals surface area contributed by atoms with Crippen LogP contribution in [0.15, 0.2) is 42.6 Å². The number of nitrogens with zero attached hydrogens (tertiary/aromatic N) is 2. The first-order valence-corrected chi connectivity index (χ1v) is 7.98. The first kappa shape index (κ1) is 16.1. The third-order valence-electron chi connectivity index (χ3n) is 3.73. The van der Waals surface area contributed by atoms with Crippen LogP contribution in [0.2, 0.25) is 0 Å². The zero-order chi connectivity index (χ0) is 17.3. The molecule has 0 aliphatic rings. The van der Waals surface area contributed by atoms with Gasteiger partial charge in [-0.05, 0) is 51.5 Å². The van der Waals surface area contributed by atoms with Crippen molar-refractivity contribution in [1.82, 2.24) is 9.38 Å². The summed E-state index contributed by atoms with van der Waals surface area (Å²) in [6.07, 6.45) is 1.89. The molecule has 0 bridgehead atoms. The smallest absolute Gasteiger partial charge is 0.274 e. The van der Waals surface area contributed by atoms with Crippen LogP contribution in [-0.4, -0.2) is 21.4 Å². The Kier molecular flexibility index (Phi) is 4.25. The van der Waals surface area contributed by atoms with E-state index in [1.165, 1.54) is 0 Å². The maximum absolute atomic E-state index is 12.8. The van der Waals surface area contributed by atoms with E-state index in [0.29, 0.717) is 22.8 Å². The minimum atomic E-state index is -0.203. The first-order valence-electron chi connectivity index (χ1n) is 7.98. The standard InChI is InChI=1S/C19H21N3O2/c1-12(2)24-16-10-6-5-9-15(16)21-19(23)17-14(4)20-18-13(3)8-7-11-22(17)18/h5-12H,1-4H3,(H,21,23). The monoisotopic (exact) mass is 323 g/mol. The van der Waals surface area contributed by atoms with Gasteiger partial charge in [0.25, 0.3) is 5.91 Å². The summed E-state index contributed by atoms with van der Waals surface area (Å²) < 4.78 is 7.59. The Balaban J connectivity index is 1.97. The van der Waals surface area contributed by atoms with Crippen molar-refractivity contribution < 1.29 is 9.53 Å². The molecule has 3 aromatic rings. The van der Waals surface area contributed by atoms with E-state index < -0.39 is 0 Å². The first-order chi connectivity index (χ1) is 11.5. The highest BCUT2D eigenvalue weighted by atomic mass is 16.5. The fourth-order valence-corrected chi connectivity index (χ4v) is 2.70. The van der Waals surface area contributed by atoms with Gasteiger partial charge in [-0.15, -0.1) is 0 Å². The average molecular weight is 323 g/mol. The molecule has 124 valence electrons.